The molecule has 0 aromatic heterocycles. The summed E-state index contributed by atoms with van der Waals surface area (Å²) in [7, 11) is 3.06. The van der Waals surface area contributed by atoms with Crippen LogP contribution in [0.4, 0.5) is 5.69 Å². The summed E-state index contributed by atoms with van der Waals surface area (Å²) < 4.78 is 10.4. The maximum absolute atomic E-state index is 12.0. The number of anilines is 1. The average molecular weight is 335 g/mol. The van der Waals surface area contributed by atoms with Gasteiger partial charge in [-0.05, 0) is 19.4 Å². The summed E-state index contributed by atoms with van der Waals surface area (Å²) in [5.41, 5.74) is 0.566. The summed E-state index contributed by atoms with van der Waals surface area (Å²) in [5.74, 6) is 0.970. The zero-order valence-electron chi connectivity index (χ0n) is 12.1. The maximum atomic E-state index is 12.0. The summed E-state index contributed by atoms with van der Waals surface area (Å²) in [6, 6.07) is 3.56. The highest BCUT2D eigenvalue weighted by atomic mass is 35.5. The van der Waals surface area contributed by atoms with Gasteiger partial charge in [0.1, 0.15) is 11.5 Å². The lowest BCUT2D eigenvalue weighted by atomic mass is 10.1. The maximum Gasteiger partial charge on any atom is 0.226 e. The van der Waals surface area contributed by atoms with Crippen molar-refractivity contribution < 1.29 is 14.3 Å². The van der Waals surface area contributed by atoms with E-state index in [9.17, 15) is 4.79 Å². The number of methoxy groups -OCH3 is 2. The second-order valence-corrected chi connectivity index (χ2v) is 5.14. The number of carbonyl (C=O) groups excluding carboxylic acids is 1. The van der Waals surface area contributed by atoms with E-state index in [4.69, 9.17) is 21.1 Å². The zero-order chi connectivity index (χ0) is 14.5. The van der Waals surface area contributed by atoms with Crippen molar-refractivity contribution in [2.45, 2.75) is 25.3 Å². The first-order valence-electron chi connectivity index (χ1n) is 6.58. The van der Waals surface area contributed by atoms with Crippen LogP contribution >= 0.6 is 24.0 Å². The Kier molecular flexibility index (Phi) is 7.08. The first-order valence-corrected chi connectivity index (χ1v) is 6.96. The van der Waals surface area contributed by atoms with E-state index in [-0.39, 0.29) is 24.4 Å². The Bertz CT molecular complexity index is 491. The SMILES string of the molecule is COc1cc(NC(=O)CC2CCCN2)c(OC)cc1Cl.Cl. The number of rotatable bonds is 5. The molecular formula is C14H20Cl2N2O3. The van der Waals surface area contributed by atoms with Gasteiger partial charge in [-0.2, -0.15) is 0 Å². The number of carbonyl (C=O) groups is 1. The fourth-order valence-corrected chi connectivity index (χ4v) is 2.54. The van der Waals surface area contributed by atoms with E-state index in [1.54, 1.807) is 12.1 Å². The summed E-state index contributed by atoms with van der Waals surface area (Å²) in [5, 5.41) is 6.59. The van der Waals surface area contributed by atoms with Gasteiger partial charge in [0.2, 0.25) is 5.91 Å². The van der Waals surface area contributed by atoms with E-state index in [0.717, 1.165) is 19.4 Å². The molecule has 1 aromatic rings. The summed E-state index contributed by atoms with van der Waals surface area (Å²) in [4.78, 5) is 12.0. The quantitative estimate of drug-likeness (QED) is 0.869. The fourth-order valence-electron chi connectivity index (χ4n) is 2.31. The Labute approximate surface area is 135 Å². The molecule has 0 aliphatic carbocycles. The molecule has 1 heterocycles. The highest BCUT2D eigenvalue weighted by Crippen LogP contribution is 2.35. The number of nitrogens with one attached hydrogen (secondary N) is 2. The molecule has 1 aliphatic heterocycles. The molecule has 0 radical (unpaired) electrons. The second-order valence-electron chi connectivity index (χ2n) is 4.73. The number of amides is 1. The lowest BCUT2D eigenvalue weighted by molar-refractivity contribution is -0.116. The highest BCUT2D eigenvalue weighted by molar-refractivity contribution is 6.32. The molecule has 2 N–H and O–H groups in total. The average Bonchev–Trinajstić information content (AvgIpc) is 2.92. The van der Waals surface area contributed by atoms with Crippen molar-refractivity contribution in [1.82, 2.24) is 5.32 Å². The summed E-state index contributed by atoms with van der Waals surface area (Å²) >= 11 is 6.03. The molecule has 1 unspecified atom stereocenters. The van der Waals surface area contributed by atoms with E-state index < -0.39 is 0 Å². The molecule has 0 bridgehead atoms. The van der Waals surface area contributed by atoms with Crippen LogP contribution in [0.25, 0.3) is 0 Å². The molecule has 0 spiro atoms. The van der Waals surface area contributed by atoms with Crippen molar-refractivity contribution >= 4 is 35.6 Å². The van der Waals surface area contributed by atoms with E-state index in [0.29, 0.717) is 28.6 Å². The third-order valence-electron chi connectivity index (χ3n) is 3.34. The monoisotopic (exact) mass is 334 g/mol. The fraction of sp³-hybridized carbons (Fsp3) is 0.500. The largest absolute Gasteiger partial charge is 0.495 e. The van der Waals surface area contributed by atoms with Crippen LogP contribution in [0.3, 0.4) is 0 Å². The third-order valence-corrected chi connectivity index (χ3v) is 3.64. The van der Waals surface area contributed by atoms with Gasteiger partial charge >= 0.3 is 0 Å². The van der Waals surface area contributed by atoms with Crippen molar-refractivity contribution in [3.05, 3.63) is 17.2 Å². The number of hydrogen-bond donors (Lipinski definition) is 2. The van der Waals surface area contributed by atoms with Crippen LogP contribution in [0.1, 0.15) is 19.3 Å². The van der Waals surface area contributed by atoms with Crippen molar-refractivity contribution in [3.63, 3.8) is 0 Å². The third kappa shape index (κ3) is 4.66. The molecule has 5 nitrogen and oxygen atoms in total. The van der Waals surface area contributed by atoms with Gasteiger partial charge in [0.15, 0.2) is 0 Å². The molecule has 1 aromatic carbocycles. The lowest BCUT2D eigenvalue weighted by Gasteiger charge is -2.14. The predicted molar refractivity (Wildman–Crippen MR) is 86.1 cm³/mol. The van der Waals surface area contributed by atoms with Crippen LogP contribution in [-0.4, -0.2) is 32.7 Å². The minimum Gasteiger partial charge on any atom is -0.495 e. The topological polar surface area (TPSA) is 59.6 Å². The standard InChI is InChI=1S/C14H19ClN2O3.ClH/c1-19-12-8-11(13(20-2)7-10(12)15)17-14(18)6-9-4-3-5-16-9;/h7-9,16H,3-6H2,1-2H3,(H,17,18);1H. The van der Waals surface area contributed by atoms with E-state index in [1.165, 1.54) is 14.2 Å². The number of hydrogen-bond acceptors (Lipinski definition) is 4. The molecular weight excluding hydrogens is 315 g/mol. The van der Waals surface area contributed by atoms with Crippen LogP contribution in [0.15, 0.2) is 12.1 Å². The Morgan fingerprint density at radius 1 is 1.38 bits per heavy atom. The van der Waals surface area contributed by atoms with Gasteiger partial charge in [0.05, 0.1) is 24.9 Å². The van der Waals surface area contributed by atoms with Gasteiger partial charge in [-0.25, -0.2) is 0 Å². The van der Waals surface area contributed by atoms with E-state index in [2.05, 4.69) is 10.6 Å². The highest BCUT2D eigenvalue weighted by Gasteiger charge is 2.19. The Morgan fingerprint density at radius 3 is 2.67 bits per heavy atom. The number of benzene rings is 1. The molecule has 7 heteroatoms. The predicted octanol–water partition coefficient (Wildman–Crippen LogP) is 2.86. The van der Waals surface area contributed by atoms with Gasteiger partial charge in [0.25, 0.3) is 0 Å². The van der Waals surface area contributed by atoms with Gasteiger partial charge in [-0.1, -0.05) is 11.6 Å². The Morgan fingerprint density at radius 2 is 2.10 bits per heavy atom. The molecule has 1 atom stereocenters. The smallest absolute Gasteiger partial charge is 0.226 e. The number of ether oxygens (including phenoxy) is 2. The normalized spacial score (nSPS) is 17.0. The zero-order valence-corrected chi connectivity index (χ0v) is 13.6. The van der Waals surface area contributed by atoms with E-state index in [1.807, 2.05) is 0 Å². The molecule has 1 amide bonds. The molecule has 2 rings (SSSR count). The van der Waals surface area contributed by atoms with Gasteiger partial charge < -0.3 is 20.1 Å². The first-order chi connectivity index (χ1) is 9.63. The van der Waals surface area contributed by atoms with Crippen LogP contribution in [0.2, 0.25) is 5.02 Å². The second kappa shape index (κ2) is 8.32. The van der Waals surface area contributed by atoms with E-state index >= 15 is 0 Å². The minimum absolute atomic E-state index is 0. The molecule has 1 aliphatic rings. The Balaban J connectivity index is 0.00000220. The van der Waals surface area contributed by atoms with Crippen molar-refractivity contribution in [2.75, 3.05) is 26.1 Å². The van der Waals surface area contributed by atoms with Crippen molar-refractivity contribution in [3.8, 4) is 11.5 Å². The summed E-state index contributed by atoms with van der Waals surface area (Å²) in [6.45, 7) is 0.982. The van der Waals surface area contributed by atoms with Crippen molar-refractivity contribution in [2.24, 2.45) is 0 Å². The molecule has 1 fully saturated rings. The first kappa shape index (κ1) is 17.9. The lowest BCUT2D eigenvalue weighted by Crippen LogP contribution is -2.27. The number of halogens is 2. The van der Waals surface area contributed by atoms with Crippen LogP contribution in [-0.2, 0) is 4.79 Å². The van der Waals surface area contributed by atoms with Gasteiger partial charge in [-0.15, -0.1) is 12.4 Å². The molecule has 21 heavy (non-hydrogen) atoms. The van der Waals surface area contributed by atoms with Crippen LogP contribution < -0.4 is 20.1 Å². The van der Waals surface area contributed by atoms with Crippen LogP contribution in [0.5, 0.6) is 11.5 Å². The van der Waals surface area contributed by atoms with Gasteiger partial charge in [0, 0.05) is 24.6 Å². The van der Waals surface area contributed by atoms with Crippen LogP contribution in [0, 0.1) is 0 Å². The molecule has 118 valence electrons. The van der Waals surface area contributed by atoms with Crippen molar-refractivity contribution in [1.29, 1.82) is 0 Å². The summed E-state index contributed by atoms with van der Waals surface area (Å²) in [6.07, 6.45) is 2.61. The van der Waals surface area contributed by atoms with Gasteiger partial charge in [-0.3, -0.25) is 4.79 Å². The Hall–Kier alpha value is -1.17. The minimum atomic E-state index is -0.0490. The molecule has 0 saturated carbocycles. The molecule has 1 saturated heterocycles.